The third-order valence-corrected chi connectivity index (χ3v) is 7.74. The highest BCUT2D eigenvalue weighted by atomic mass is 16.6. The number of amides is 2. The van der Waals surface area contributed by atoms with Gasteiger partial charge >= 0.3 is 6.09 Å². The summed E-state index contributed by atoms with van der Waals surface area (Å²) in [4.78, 5) is 37.8. The maximum absolute atomic E-state index is 13.8. The monoisotopic (exact) mass is 602 g/mol. The Bertz CT molecular complexity index is 1520. The zero-order valence-corrected chi connectivity index (χ0v) is 26.3. The number of carbonyl (C=O) groups is 2. The Morgan fingerprint density at radius 3 is 2.50 bits per heavy atom. The molecule has 5 rings (SSSR count). The molecular weight excluding hydrogens is 560 g/mol. The minimum atomic E-state index is -0.588. The van der Waals surface area contributed by atoms with Crippen LogP contribution in [0.15, 0.2) is 42.5 Å². The molecule has 1 aliphatic heterocycles. The maximum Gasteiger partial charge on any atom is 0.407 e. The molecule has 11 heteroatoms. The third kappa shape index (κ3) is 7.32. The second-order valence-corrected chi connectivity index (χ2v) is 12.3. The SMILES string of the molecule is COc1ccc(CN2Cc3nc(NC4CCCCC4NC(=O)OC(C)(C)C)nc(Nc4cccc(C)c4)c3C2=O)c(OC)c1. The van der Waals surface area contributed by atoms with Crippen molar-refractivity contribution in [2.45, 2.75) is 84.2 Å². The van der Waals surface area contributed by atoms with E-state index in [4.69, 9.17) is 24.2 Å². The summed E-state index contributed by atoms with van der Waals surface area (Å²) in [5, 5.41) is 9.90. The van der Waals surface area contributed by atoms with Gasteiger partial charge in [0, 0.05) is 23.4 Å². The third-order valence-electron chi connectivity index (χ3n) is 7.74. The van der Waals surface area contributed by atoms with E-state index >= 15 is 0 Å². The summed E-state index contributed by atoms with van der Waals surface area (Å²) in [6, 6.07) is 13.2. The van der Waals surface area contributed by atoms with E-state index < -0.39 is 11.7 Å². The number of aryl methyl sites for hydroxylation is 1. The second kappa shape index (κ2) is 13.0. The molecule has 1 aliphatic carbocycles. The van der Waals surface area contributed by atoms with Crippen LogP contribution in [0.1, 0.15) is 73.6 Å². The van der Waals surface area contributed by atoms with Crippen molar-refractivity contribution in [3.05, 3.63) is 64.8 Å². The van der Waals surface area contributed by atoms with E-state index in [0.717, 1.165) is 42.5 Å². The molecule has 2 aromatic carbocycles. The number of alkyl carbamates (subject to hydrolysis) is 1. The Balaban J connectivity index is 1.43. The summed E-state index contributed by atoms with van der Waals surface area (Å²) in [5.41, 5.74) is 3.24. The molecular formula is C33H42N6O5. The van der Waals surface area contributed by atoms with Crippen LogP contribution in [0.2, 0.25) is 0 Å². The lowest BCUT2D eigenvalue weighted by Crippen LogP contribution is -2.50. The highest BCUT2D eigenvalue weighted by molar-refractivity contribution is 6.03. The zero-order chi connectivity index (χ0) is 31.4. The van der Waals surface area contributed by atoms with E-state index in [0.29, 0.717) is 47.6 Å². The lowest BCUT2D eigenvalue weighted by Gasteiger charge is -2.33. The molecule has 1 aromatic heterocycles. The Kier molecular flexibility index (Phi) is 9.12. The van der Waals surface area contributed by atoms with E-state index in [-0.39, 0.29) is 18.0 Å². The minimum absolute atomic E-state index is 0.0992. The number of aromatic nitrogens is 2. The van der Waals surface area contributed by atoms with Gasteiger partial charge in [0.15, 0.2) is 0 Å². The van der Waals surface area contributed by atoms with Crippen LogP contribution in [-0.2, 0) is 17.8 Å². The molecule has 0 bridgehead atoms. The number of carbonyl (C=O) groups excluding carboxylic acids is 2. The maximum atomic E-state index is 13.8. The van der Waals surface area contributed by atoms with Gasteiger partial charge in [-0.15, -0.1) is 0 Å². The van der Waals surface area contributed by atoms with Crippen molar-refractivity contribution in [1.29, 1.82) is 0 Å². The Morgan fingerprint density at radius 1 is 1.02 bits per heavy atom. The van der Waals surface area contributed by atoms with E-state index in [2.05, 4.69) is 16.0 Å². The van der Waals surface area contributed by atoms with Crippen LogP contribution in [0.3, 0.4) is 0 Å². The van der Waals surface area contributed by atoms with Gasteiger partial charge in [-0.2, -0.15) is 4.98 Å². The lowest BCUT2D eigenvalue weighted by atomic mass is 9.90. The van der Waals surface area contributed by atoms with E-state index in [1.54, 1.807) is 19.1 Å². The van der Waals surface area contributed by atoms with Crippen LogP contribution in [0, 0.1) is 6.92 Å². The van der Waals surface area contributed by atoms with Crippen molar-refractivity contribution < 1.29 is 23.8 Å². The van der Waals surface area contributed by atoms with Crippen molar-refractivity contribution in [2.24, 2.45) is 0 Å². The Labute approximate surface area is 258 Å². The average molecular weight is 603 g/mol. The summed E-state index contributed by atoms with van der Waals surface area (Å²) in [7, 11) is 3.20. The van der Waals surface area contributed by atoms with Gasteiger partial charge in [0.1, 0.15) is 28.5 Å². The zero-order valence-electron chi connectivity index (χ0n) is 26.3. The summed E-state index contributed by atoms with van der Waals surface area (Å²) in [6.07, 6.45) is 3.22. The standard InChI is InChI=1S/C33H42N6O5/c1-20-10-9-11-22(16-20)34-29-28-26(19-39(30(28)40)18-21-14-15-23(42-5)17-27(21)43-6)36-31(38-29)35-24-12-7-8-13-25(24)37-32(41)44-33(2,3)4/h9-11,14-17,24-25H,7-8,12-13,18-19H2,1-6H3,(H,37,41)(H2,34,35,36,38). The topological polar surface area (TPSA) is 127 Å². The molecule has 44 heavy (non-hydrogen) atoms. The molecule has 2 heterocycles. The summed E-state index contributed by atoms with van der Waals surface area (Å²) < 4.78 is 16.4. The number of ether oxygens (including phenoxy) is 3. The molecule has 2 unspecified atom stereocenters. The van der Waals surface area contributed by atoms with Gasteiger partial charge in [-0.05, 0) is 70.4 Å². The number of nitrogens with zero attached hydrogens (tertiary/aromatic N) is 3. The number of fused-ring (bicyclic) bond motifs is 1. The van der Waals surface area contributed by atoms with Gasteiger partial charge in [0.05, 0.1) is 39.0 Å². The number of hydrogen-bond donors (Lipinski definition) is 3. The van der Waals surface area contributed by atoms with E-state index in [1.807, 2.05) is 70.2 Å². The Hall–Kier alpha value is -4.54. The first-order valence-corrected chi connectivity index (χ1v) is 15.0. The van der Waals surface area contributed by atoms with Crippen molar-refractivity contribution >= 4 is 29.5 Å². The fourth-order valence-electron chi connectivity index (χ4n) is 5.69. The number of benzene rings is 2. The molecule has 0 spiro atoms. The molecule has 3 N–H and O–H groups in total. The normalized spacial score (nSPS) is 18.0. The molecule has 234 valence electrons. The minimum Gasteiger partial charge on any atom is -0.497 e. The van der Waals surface area contributed by atoms with E-state index in [1.165, 1.54) is 0 Å². The fourth-order valence-corrected chi connectivity index (χ4v) is 5.69. The number of anilines is 3. The molecule has 0 radical (unpaired) electrons. The summed E-state index contributed by atoms with van der Waals surface area (Å²) in [5.74, 6) is 1.99. The number of rotatable bonds is 9. The van der Waals surface area contributed by atoms with Gasteiger partial charge in [-0.1, -0.05) is 25.0 Å². The second-order valence-electron chi connectivity index (χ2n) is 12.3. The molecule has 3 aromatic rings. The number of methoxy groups -OCH3 is 2. The highest BCUT2D eigenvalue weighted by Gasteiger charge is 2.35. The predicted octanol–water partition coefficient (Wildman–Crippen LogP) is 5.95. The van der Waals surface area contributed by atoms with Crippen LogP contribution in [-0.4, -0.2) is 58.8 Å². The van der Waals surface area contributed by atoms with Crippen molar-refractivity contribution in [3.8, 4) is 11.5 Å². The van der Waals surface area contributed by atoms with Crippen LogP contribution < -0.4 is 25.4 Å². The first-order valence-electron chi connectivity index (χ1n) is 15.0. The van der Waals surface area contributed by atoms with Crippen LogP contribution in [0.25, 0.3) is 0 Å². The molecule has 2 aliphatic rings. The molecule has 1 fully saturated rings. The summed E-state index contributed by atoms with van der Waals surface area (Å²) in [6.45, 7) is 8.20. The quantitative estimate of drug-likeness (QED) is 0.272. The van der Waals surface area contributed by atoms with Crippen LogP contribution in [0.4, 0.5) is 22.2 Å². The number of hydrogen-bond acceptors (Lipinski definition) is 9. The molecule has 2 atom stereocenters. The fraction of sp³-hybridized carbons (Fsp3) is 0.455. The lowest BCUT2D eigenvalue weighted by molar-refractivity contribution is 0.0488. The molecule has 2 amide bonds. The van der Waals surface area contributed by atoms with Crippen LogP contribution >= 0.6 is 0 Å². The van der Waals surface area contributed by atoms with Crippen molar-refractivity contribution in [2.75, 3.05) is 24.9 Å². The number of nitrogens with one attached hydrogen (secondary N) is 3. The Morgan fingerprint density at radius 2 is 1.80 bits per heavy atom. The highest BCUT2D eigenvalue weighted by Crippen LogP contribution is 2.34. The molecule has 0 saturated heterocycles. The van der Waals surface area contributed by atoms with Gasteiger partial charge in [0.2, 0.25) is 5.95 Å². The first-order chi connectivity index (χ1) is 21.0. The largest absolute Gasteiger partial charge is 0.497 e. The van der Waals surface area contributed by atoms with Gasteiger partial charge in [0.25, 0.3) is 5.91 Å². The van der Waals surface area contributed by atoms with Crippen molar-refractivity contribution in [1.82, 2.24) is 20.2 Å². The summed E-state index contributed by atoms with van der Waals surface area (Å²) >= 11 is 0. The van der Waals surface area contributed by atoms with Gasteiger partial charge in [-0.25, -0.2) is 9.78 Å². The molecule has 11 nitrogen and oxygen atoms in total. The average Bonchev–Trinajstić information content (AvgIpc) is 3.28. The predicted molar refractivity (Wildman–Crippen MR) is 169 cm³/mol. The first kappa shape index (κ1) is 30.9. The smallest absolute Gasteiger partial charge is 0.407 e. The van der Waals surface area contributed by atoms with E-state index in [9.17, 15) is 9.59 Å². The van der Waals surface area contributed by atoms with Crippen LogP contribution in [0.5, 0.6) is 11.5 Å². The molecule has 1 saturated carbocycles. The van der Waals surface area contributed by atoms with Gasteiger partial charge in [-0.3, -0.25) is 4.79 Å². The van der Waals surface area contributed by atoms with Crippen molar-refractivity contribution in [3.63, 3.8) is 0 Å². The van der Waals surface area contributed by atoms with Gasteiger partial charge < -0.3 is 35.1 Å².